The van der Waals surface area contributed by atoms with Crippen LogP contribution in [0.15, 0.2) is 48.8 Å². The van der Waals surface area contributed by atoms with Crippen LogP contribution in [0.25, 0.3) is 0 Å². The van der Waals surface area contributed by atoms with Crippen molar-refractivity contribution in [2.75, 3.05) is 20.3 Å². The molecule has 6 nitrogen and oxygen atoms in total. The fraction of sp³-hybridized carbons (Fsp3) is 0.316. The Morgan fingerprint density at radius 2 is 2.16 bits per heavy atom. The van der Waals surface area contributed by atoms with Crippen molar-refractivity contribution in [2.45, 2.75) is 18.6 Å². The molecule has 1 aromatic heterocycles. The van der Waals surface area contributed by atoms with Gasteiger partial charge in [-0.25, -0.2) is 0 Å². The molecule has 1 fully saturated rings. The van der Waals surface area contributed by atoms with Crippen molar-refractivity contribution in [1.82, 2.24) is 9.88 Å². The summed E-state index contributed by atoms with van der Waals surface area (Å²) in [6.07, 6.45) is 4.04. The van der Waals surface area contributed by atoms with Crippen LogP contribution in [0.1, 0.15) is 22.3 Å². The van der Waals surface area contributed by atoms with E-state index in [1.54, 1.807) is 48.7 Å². The van der Waals surface area contributed by atoms with Gasteiger partial charge in [-0.3, -0.25) is 9.78 Å². The summed E-state index contributed by atoms with van der Waals surface area (Å²) in [5.74, 6) is 0.595. The molecule has 2 atom stereocenters. The van der Waals surface area contributed by atoms with Crippen LogP contribution >= 0.6 is 0 Å². The molecule has 0 saturated carbocycles. The summed E-state index contributed by atoms with van der Waals surface area (Å²) >= 11 is 0. The van der Waals surface area contributed by atoms with E-state index in [0.29, 0.717) is 30.0 Å². The minimum absolute atomic E-state index is 0.00942. The van der Waals surface area contributed by atoms with Crippen molar-refractivity contribution in [2.24, 2.45) is 0 Å². The number of pyridine rings is 1. The number of nitrogens with zero attached hydrogens (tertiary/aromatic N) is 3. The predicted octanol–water partition coefficient (Wildman–Crippen LogP) is 2.26. The van der Waals surface area contributed by atoms with Crippen molar-refractivity contribution in [3.8, 4) is 11.8 Å². The standard InChI is InChI=1S/C19H19N3O3/c1-24-18-9-16(13-25-17-3-2-8-21-11-17)22(12-18)19(23)15-6-4-14(10-20)5-7-15/h2-8,11,16,18H,9,12-13H2,1H3/t16-,18+/m0/s1. The molecule has 25 heavy (non-hydrogen) atoms. The third-order valence-corrected chi connectivity index (χ3v) is 4.31. The number of nitriles is 1. The van der Waals surface area contributed by atoms with Crippen molar-refractivity contribution >= 4 is 5.91 Å². The predicted molar refractivity (Wildman–Crippen MR) is 91.1 cm³/mol. The minimum atomic E-state index is -0.0798. The number of carbonyl (C=O) groups is 1. The van der Waals surface area contributed by atoms with Gasteiger partial charge in [0, 0.05) is 25.4 Å². The Labute approximate surface area is 146 Å². The molecule has 0 radical (unpaired) electrons. The molecule has 0 spiro atoms. The van der Waals surface area contributed by atoms with E-state index in [0.717, 1.165) is 6.42 Å². The van der Waals surface area contributed by atoms with Gasteiger partial charge >= 0.3 is 0 Å². The molecule has 0 unspecified atom stereocenters. The van der Waals surface area contributed by atoms with Gasteiger partial charge in [0.15, 0.2) is 0 Å². The highest BCUT2D eigenvalue weighted by Crippen LogP contribution is 2.23. The Kier molecular flexibility index (Phi) is 5.26. The van der Waals surface area contributed by atoms with Crippen LogP contribution in [-0.4, -0.2) is 48.2 Å². The van der Waals surface area contributed by atoms with E-state index in [4.69, 9.17) is 14.7 Å². The molecule has 1 saturated heterocycles. The lowest BCUT2D eigenvalue weighted by Crippen LogP contribution is -2.39. The summed E-state index contributed by atoms with van der Waals surface area (Å²) in [7, 11) is 1.65. The number of benzene rings is 1. The molecule has 128 valence electrons. The largest absolute Gasteiger partial charge is 0.490 e. The maximum absolute atomic E-state index is 12.8. The smallest absolute Gasteiger partial charge is 0.254 e. The quantitative estimate of drug-likeness (QED) is 0.836. The summed E-state index contributed by atoms with van der Waals surface area (Å²) in [6, 6.07) is 12.3. The second kappa shape index (κ2) is 7.77. The Balaban J connectivity index is 1.71. The molecule has 3 rings (SSSR count). The van der Waals surface area contributed by atoms with Crippen LogP contribution in [0.2, 0.25) is 0 Å². The molecule has 6 heteroatoms. The van der Waals surface area contributed by atoms with E-state index in [-0.39, 0.29) is 18.1 Å². The van der Waals surface area contributed by atoms with Crippen molar-refractivity contribution in [1.29, 1.82) is 5.26 Å². The van der Waals surface area contributed by atoms with Crippen LogP contribution in [0, 0.1) is 11.3 Å². The third kappa shape index (κ3) is 3.95. The summed E-state index contributed by atoms with van der Waals surface area (Å²) in [4.78, 5) is 18.7. The Morgan fingerprint density at radius 3 is 2.80 bits per heavy atom. The lowest BCUT2D eigenvalue weighted by atomic mass is 10.1. The number of rotatable bonds is 5. The average molecular weight is 337 g/mol. The first-order valence-electron chi connectivity index (χ1n) is 8.08. The molecule has 0 bridgehead atoms. The van der Waals surface area contributed by atoms with Crippen molar-refractivity contribution < 1.29 is 14.3 Å². The number of amides is 1. The van der Waals surface area contributed by atoms with Gasteiger partial charge in [-0.15, -0.1) is 0 Å². The molecule has 1 aliphatic rings. The van der Waals surface area contributed by atoms with Gasteiger partial charge in [0.1, 0.15) is 12.4 Å². The van der Waals surface area contributed by atoms with Crippen LogP contribution in [0.3, 0.4) is 0 Å². The van der Waals surface area contributed by atoms with Gasteiger partial charge in [0.25, 0.3) is 5.91 Å². The van der Waals surface area contributed by atoms with Crippen LogP contribution < -0.4 is 4.74 Å². The zero-order valence-electron chi connectivity index (χ0n) is 14.0. The number of ether oxygens (including phenoxy) is 2. The number of likely N-dealkylation sites (tertiary alicyclic amines) is 1. The number of hydrogen-bond acceptors (Lipinski definition) is 5. The zero-order valence-corrected chi connectivity index (χ0v) is 14.0. The maximum Gasteiger partial charge on any atom is 0.254 e. The van der Waals surface area contributed by atoms with Gasteiger partial charge in [0.2, 0.25) is 0 Å². The van der Waals surface area contributed by atoms with Gasteiger partial charge in [-0.2, -0.15) is 5.26 Å². The minimum Gasteiger partial charge on any atom is -0.490 e. The topological polar surface area (TPSA) is 75.5 Å². The molecule has 1 aliphatic heterocycles. The van der Waals surface area contributed by atoms with E-state index in [9.17, 15) is 4.79 Å². The average Bonchev–Trinajstić information content (AvgIpc) is 3.10. The Hall–Kier alpha value is -2.91. The first-order chi connectivity index (χ1) is 12.2. The summed E-state index contributed by atoms with van der Waals surface area (Å²) in [6.45, 7) is 0.907. The van der Waals surface area contributed by atoms with Gasteiger partial charge < -0.3 is 14.4 Å². The molecule has 2 heterocycles. The van der Waals surface area contributed by atoms with Crippen molar-refractivity contribution in [3.63, 3.8) is 0 Å². The van der Waals surface area contributed by atoms with Gasteiger partial charge in [-0.05, 0) is 42.8 Å². The third-order valence-electron chi connectivity index (χ3n) is 4.31. The molecular formula is C19H19N3O3. The summed E-state index contributed by atoms with van der Waals surface area (Å²) in [5.41, 5.74) is 1.09. The number of methoxy groups -OCH3 is 1. The van der Waals surface area contributed by atoms with E-state index in [1.807, 2.05) is 12.1 Å². The fourth-order valence-corrected chi connectivity index (χ4v) is 2.93. The SMILES string of the molecule is CO[C@@H]1C[C@@H](COc2cccnc2)N(C(=O)c2ccc(C#N)cc2)C1. The van der Waals surface area contributed by atoms with Crippen LogP contribution in [0.4, 0.5) is 0 Å². The van der Waals surface area contributed by atoms with Crippen molar-refractivity contribution in [3.05, 3.63) is 59.9 Å². The Bertz CT molecular complexity index is 756. The highest BCUT2D eigenvalue weighted by atomic mass is 16.5. The highest BCUT2D eigenvalue weighted by Gasteiger charge is 2.36. The maximum atomic E-state index is 12.8. The van der Waals surface area contributed by atoms with Gasteiger partial charge in [-0.1, -0.05) is 0 Å². The second-order valence-corrected chi connectivity index (χ2v) is 5.89. The first kappa shape index (κ1) is 16.9. The van der Waals surface area contributed by atoms with E-state index < -0.39 is 0 Å². The molecule has 0 N–H and O–H groups in total. The van der Waals surface area contributed by atoms with E-state index in [1.165, 1.54) is 0 Å². The first-order valence-corrected chi connectivity index (χ1v) is 8.08. The van der Waals surface area contributed by atoms with Crippen LogP contribution in [-0.2, 0) is 4.74 Å². The monoisotopic (exact) mass is 337 g/mol. The Morgan fingerprint density at radius 1 is 1.36 bits per heavy atom. The summed E-state index contributed by atoms with van der Waals surface area (Å²) < 4.78 is 11.2. The van der Waals surface area contributed by atoms with E-state index >= 15 is 0 Å². The summed E-state index contributed by atoms with van der Waals surface area (Å²) in [5, 5.41) is 8.88. The highest BCUT2D eigenvalue weighted by molar-refractivity contribution is 5.94. The normalized spacial score (nSPS) is 19.4. The molecule has 1 amide bonds. The second-order valence-electron chi connectivity index (χ2n) is 5.89. The molecule has 2 aromatic rings. The lowest BCUT2D eigenvalue weighted by molar-refractivity contribution is 0.0658. The lowest BCUT2D eigenvalue weighted by Gasteiger charge is -2.24. The van der Waals surface area contributed by atoms with E-state index in [2.05, 4.69) is 11.1 Å². The molecule has 0 aliphatic carbocycles. The zero-order chi connectivity index (χ0) is 17.6. The molecule has 1 aromatic carbocycles. The van der Waals surface area contributed by atoms with Gasteiger partial charge in [0.05, 0.1) is 30.0 Å². The number of hydrogen-bond donors (Lipinski definition) is 0. The van der Waals surface area contributed by atoms with Crippen LogP contribution in [0.5, 0.6) is 5.75 Å². The number of aromatic nitrogens is 1. The number of carbonyl (C=O) groups excluding carboxylic acids is 1. The molecular weight excluding hydrogens is 318 g/mol. The fourth-order valence-electron chi connectivity index (χ4n) is 2.93.